The molecule has 2 N–H and O–H groups in total. The van der Waals surface area contributed by atoms with E-state index in [0.717, 1.165) is 12.7 Å². The second-order valence-electron chi connectivity index (χ2n) is 9.68. The van der Waals surface area contributed by atoms with Crippen LogP contribution in [0.1, 0.15) is 66.5 Å². The molecule has 1 rings (SSSR count). The molecule has 0 fully saturated rings. The maximum atomic E-state index is 13.0. The molecule has 0 spiro atoms. The SMILES string of the molecule is COC(=O)[C@H](CC(=O)OC(C)(C)C)[C@H](NC(=O)N[C@@H](C)c1ccccc1)C(=O)OC(C)(C)C. The van der Waals surface area contributed by atoms with Crippen LogP contribution in [0.3, 0.4) is 0 Å². The Bertz CT molecular complexity index is 825. The molecule has 9 heteroatoms. The smallest absolute Gasteiger partial charge is 0.330 e. The summed E-state index contributed by atoms with van der Waals surface area (Å²) in [5.74, 6) is -3.79. The van der Waals surface area contributed by atoms with Crippen molar-refractivity contribution < 1.29 is 33.4 Å². The lowest BCUT2D eigenvalue weighted by atomic mass is 9.95. The van der Waals surface area contributed by atoms with E-state index in [-0.39, 0.29) is 6.04 Å². The van der Waals surface area contributed by atoms with E-state index in [9.17, 15) is 19.2 Å². The highest BCUT2D eigenvalue weighted by Crippen LogP contribution is 2.20. The highest BCUT2D eigenvalue weighted by Gasteiger charge is 2.41. The summed E-state index contributed by atoms with van der Waals surface area (Å²) in [5, 5.41) is 5.21. The van der Waals surface area contributed by atoms with Gasteiger partial charge in [0.25, 0.3) is 0 Å². The van der Waals surface area contributed by atoms with Crippen LogP contribution in [0.5, 0.6) is 0 Å². The van der Waals surface area contributed by atoms with Gasteiger partial charge in [0.1, 0.15) is 17.2 Å². The van der Waals surface area contributed by atoms with Crippen LogP contribution >= 0.6 is 0 Å². The van der Waals surface area contributed by atoms with Gasteiger partial charge in [0.05, 0.1) is 25.5 Å². The van der Waals surface area contributed by atoms with Gasteiger partial charge in [0.15, 0.2) is 0 Å². The second kappa shape index (κ2) is 11.7. The minimum atomic E-state index is -1.48. The van der Waals surface area contributed by atoms with Crippen molar-refractivity contribution in [2.45, 2.75) is 78.2 Å². The predicted octanol–water partition coefficient (Wildman–Crippen LogP) is 3.28. The number of urea groups is 1. The Morgan fingerprint density at radius 3 is 1.88 bits per heavy atom. The molecule has 1 aromatic rings. The standard InChI is InChI=1S/C24H36N2O7/c1-15(16-12-10-9-11-13-16)25-22(30)26-19(21(29)33-24(5,6)7)17(20(28)31-8)14-18(27)32-23(2,3)4/h9-13,15,17,19H,14H2,1-8H3,(H2,25,26,30)/t15-,17+,19-/m0/s1. The van der Waals surface area contributed by atoms with Gasteiger partial charge in [-0.25, -0.2) is 9.59 Å². The summed E-state index contributed by atoms with van der Waals surface area (Å²) in [6, 6.07) is 6.64. The molecule has 0 aromatic heterocycles. The number of carbonyl (C=O) groups is 4. The van der Waals surface area contributed by atoms with Gasteiger partial charge in [-0.2, -0.15) is 0 Å². The predicted molar refractivity (Wildman–Crippen MR) is 122 cm³/mol. The van der Waals surface area contributed by atoms with E-state index >= 15 is 0 Å². The van der Waals surface area contributed by atoms with Gasteiger partial charge < -0.3 is 24.8 Å². The zero-order valence-electron chi connectivity index (χ0n) is 20.7. The summed E-state index contributed by atoms with van der Waals surface area (Å²) in [7, 11) is 1.13. The van der Waals surface area contributed by atoms with Gasteiger partial charge in [0, 0.05) is 0 Å². The van der Waals surface area contributed by atoms with E-state index in [0.29, 0.717) is 0 Å². The average molecular weight is 465 g/mol. The van der Waals surface area contributed by atoms with Crippen LogP contribution in [0.15, 0.2) is 30.3 Å². The minimum absolute atomic E-state index is 0.382. The Balaban J connectivity index is 3.15. The molecule has 33 heavy (non-hydrogen) atoms. The Morgan fingerprint density at radius 2 is 1.39 bits per heavy atom. The summed E-state index contributed by atoms with van der Waals surface area (Å²) < 4.78 is 15.5. The number of ether oxygens (including phenoxy) is 3. The molecule has 0 saturated heterocycles. The highest BCUT2D eigenvalue weighted by atomic mass is 16.6. The molecule has 0 aliphatic heterocycles. The van der Waals surface area contributed by atoms with E-state index in [1.807, 2.05) is 30.3 Å². The molecule has 3 atom stereocenters. The highest BCUT2D eigenvalue weighted by molar-refractivity contribution is 5.91. The van der Waals surface area contributed by atoms with E-state index in [2.05, 4.69) is 10.6 Å². The van der Waals surface area contributed by atoms with Gasteiger partial charge >= 0.3 is 23.9 Å². The Kier molecular flexibility index (Phi) is 9.88. The number of carbonyl (C=O) groups excluding carboxylic acids is 4. The molecule has 0 saturated carbocycles. The summed E-state index contributed by atoms with van der Waals surface area (Å²) in [6.07, 6.45) is -0.484. The molecule has 2 amide bonds. The third kappa shape index (κ3) is 10.4. The van der Waals surface area contributed by atoms with Crippen LogP contribution in [0, 0.1) is 5.92 Å². The van der Waals surface area contributed by atoms with E-state index in [4.69, 9.17) is 14.2 Å². The van der Waals surface area contributed by atoms with Crippen molar-refractivity contribution in [3.05, 3.63) is 35.9 Å². The van der Waals surface area contributed by atoms with Crippen molar-refractivity contribution in [1.29, 1.82) is 0 Å². The molecule has 0 bridgehead atoms. The zero-order valence-corrected chi connectivity index (χ0v) is 20.7. The van der Waals surface area contributed by atoms with Crippen molar-refractivity contribution in [2.24, 2.45) is 5.92 Å². The van der Waals surface area contributed by atoms with Gasteiger partial charge in [0.2, 0.25) is 0 Å². The lowest BCUT2D eigenvalue weighted by Crippen LogP contribution is -2.54. The van der Waals surface area contributed by atoms with Crippen LogP contribution in [-0.4, -0.2) is 48.3 Å². The largest absolute Gasteiger partial charge is 0.469 e. The fourth-order valence-corrected chi connectivity index (χ4v) is 2.95. The lowest BCUT2D eigenvalue weighted by molar-refractivity contribution is -0.167. The molecule has 0 unspecified atom stereocenters. The lowest BCUT2D eigenvalue weighted by Gasteiger charge is -2.29. The Morgan fingerprint density at radius 1 is 0.848 bits per heavy atom. The molecule has 1 aromatic carbocycles. The van der Waals surface area contributed by atoms with Crippen molar-refractivity contribution in [1.82, 2.24) is 10.6 Å². The number of rotatable bonds is 8. The Hall–Kier alpha value is -3.10. The zero-order chi connectivity index (χ0) is 25.4. The topological polar surface area (TPSA) is 120 Å². The molecule has 0 aliphatic rings. The maximum Gasteiger partial charge on any atom is 0.330 e. The number of nitrogens with one attached hydrogen (secondary N) is 2. The molecule has 0 radical (unpaired) electrons. The van der Waals surface area contributed by atoms with E-state index in [1.54, 1.807) is 48.5 Å². The first kappa shape index (κ1) is 27.9. The monoisotopic (exact) mass is 464 g/mol. The second-order valence-corrected chi connectivity index (χ2v) is 9.68. The molecular weight excluding hydrogens is 428 g/mol. The van der Waals surface area contributed by atoms with E-state index in [1.165, 1.54) is 0 Å². The fraction of sp³-hybridized carbons (Fsp3) is 0.583. The molecule has 0 aliphatic carbocycles. The van der Waals surface area contributed by atoms with Crippen LogP contribution in [0.25, 0.3) is 0 Å². The average Bonchev–Trinajstić information content (AvgIpc) is 2.67. The van der Waals surface area contributed by atoms with E-state index < -0.39 is 53.5 Å². The first-order valence-electron chi connectivity index (χ1n) is 10.8. The first-order chi connectivity index (χ1) is 15.1. The fourth-order valence-electron chi connectivity index (χ4n) is 2.95. The molecule has 9 nitrogen and oxygen atoms in total. The van der Waals surface area contributed by atoms with Gasteiger partial charge in [-0.05, 0) is 54.0 Å². The molecular formula is C24H36N2O7. The van der Waals surface area contributed by atoms with Crippen molar-refractivity contribution in [3.8, 4) is 0 Å². The van der Waals surface area contributed by atoms with Crippen LogP contribution in [0.4, 0.5) is 4.79 Å². The maximum absolute atomic E-state index is 13.0. The number of benzene rings is 1. The molecule has 184 valence electrons. The third-order valence-corrected chi connectivity index (χ3v) is 4.31. The molecule has 0 heterocycles. The normalized spacial score (nSPS) is 14.3. The third-order valence-electron chi connectivity index (χ3n) is 4.31. The summed E-state index contributed by atoms with van der Waals surface area (Å²) in [6.45, 7) is 11.8. The van der Waals surface area contributed by atoms with Crippen LogP contribution in [-0.2, 0) is 28.6 Å². The van der Waals surface area contributed by atoms with Crippen LogP contribution in [0.2, 0.25) is 0 Å². The van der Waals surface area contributed by atoms with Gasteiger partial charge in [-0.3, -0.25) is 9.59 Å². The number of methoxy groups -OCH3 is 1. The number of amides is 2. The minimum Gasteiger partial charge on any atom is -0.469 e. The quantitative estimate of drug-likeness (QED) is 0.447. The number of hydrogen-bond donors (Lipinski definition) is 2. The Labute approximate surface area is 195 Å². The van der Waals surface area contributed by atoms with Crippen molar-refractivity contribution >= 4 is 23.9 Å². The first-order valence-corrected chi connectivity index (χ1v) is 10.8. The van der Waals surface area contributed by atoms with Crippen LogP contribution < -0.4 is 10.6 Å². The summed E-state index contributed by atoms with van der Waals surface area (Å²) in [5.41, 5.74) is -0.841. The summed E-state index contributed by atoms with van der Waals surface area (Å²) >= 11 is 0. The number of hydrogen-bond acceptors (Lipinski definition) is 7. The number of esters is 3. The van der Waals surface area contributed by atoms with Crippen molar-refractivity contribution in [2.75, 3.05) is 7.11 Å². The summed E-state index contributed by atoms with van der Waals surface area (Å²) in [4.78, 5) is 50.7. The van der Waals surface area contributed by atoms with Crippen molar-refractivity contribution in [3.63, 3.8) is 0 Å². The van der Waals surface area contributed by atoms with Gasteiger partial charge in [-0.1, -0.05) is 30.3 Å². The van der Waals surface area contributed by atoms with Gasteiger partial charge in [-0.15, -0.1) is 0 Å².